The number of hydrogen-bond acceptors (Lipinski definition) is 15. The minimum absolute atomic E-state index is 0.0187. The van der Waals surface area contributed by atoms with Crippen molar-refractivity contribution in [3.05, 3.63) is 158 Å². The predicted octanol–water partition coefficient (Wildman–Crippen LogP) is 6.15. The second-order valence-corrected chi connectivity index (χ2v) is 22.9. The Morgan fingerprint density at radius 1 is 0.767 bits per heavy atom. The number of aromatic nitrogens is 2. The first-order valence-electron chi connectivity index (χ1n) is 30.3. The van der Waals surface area contributed by atoms with Crippen LogP contribution in [0.1, 0.15) is 105 Å². The molecule has 0 saturated heterocycles. The summed E-state index contributed by atoms with van der Waals surface area (Å²) >= 11 is 0. The summed E-state index contributed by atoms with van der Waals surface area (Å²) < 4.78 is 29.2. The van der Waals surface area contributed by atoms with Gasteiger partial charge >= 0.3 is 12.1 Å². The topological polar surface area (TPSA) is 275 Å². The second kappa shape index (κ2) is 29.8. The molecule has 90 heavy (non-hydrogen) atoms. The number of fused-ring (bicyclic) bond motifs is 7. The molecule has 2 aromatic heterocycles. The van der Waals surface area contributed by atoms with Crippen LogP contribution in [-0.4, -0.2) is 132 Å². The van der Waals surface area contributed by atoms with Gasteiger partial charge in [0.15, 0.2) is 5.60 Å². The maximum atomic E-state index is 13.9. The van der Waals surface area contributed by atoms with Gasteiger partial charge in [-0.25, -0.2) is 14.6 Å². The molecule has 5 N–H and O–H groups in total. The smallest absolute Gasteiger partial charge is 0.410 e. The third-order valence-corrected chi connectivity index (χ3v) is 16.1. The maximum absolute atomic E-state index is 13.9. The number of pyridine rings is 2. The first-order valence-corrected chi connectivity index (χ1v) is 30.3. The number of benzene rings is 4. The lowest BCUT2D eigenvalue weighted by atomic mass is 9.86. The van der Waals surface area contributed by atoms with E-state index < -0.39 is 47.5 Å². The molecular formula is C68H76N8O14. The fourth-order valence-corrected chi connectivity index (χ4v) is 11.0. The van der Waals surface area contributed by atoms with Crippen LogP contribution in [0.25, 0.3) is 22.3 Å². The van der Waals surface area contributed by atoms with E-state index in [9.17, 15) is 43.5 Å². The highest BCUT2D eigenvalue weighted by molar-refractivity contribution is 5.99. The monoisotopic (exact) mass is 1230 g/mol. The normalized spacial score (nSPS) is 15.1. The van der Waals surface area contributed by atoms with Gasteiger partial charge in [0, 0.05) is 65.3 Å². The van der Waals surface area contributed by atoms with Crippen molar-refractivity contribution in [1.29, 1.82) is 0 Å². The van der Waals surface area contributed by atoms with E-state index in [2.05, 4.69) is 33.1 Å². The molecule has 6 aromatic rings. The minimum Gasteiger partial charge on any atom is -0.458 e. The number of anilines is 2. The number of cyclic esters (lactones) is 1. The Morgan fingerprint density at radius 2 is 1.46 bits per heavy atom. The Balaban J connectivity index is 0.648. The molecule has 9 rings (SSSR count). The van der Waals surface area contributed by atoms with Crippen molar-refractivity contribution >= 4 is 63.9 Å². The summed E-state index contributed by atoms with van der Waals surface area (Å²) in [5, 5.41) is 23.2. The Bertz CT molecular complexity index is 3800. The van der Waals surface area contributed by atoms with Crippen molar-refractivity contribution in [1.82, 2.24) is 30.4 Å². The number of nitrogens with zero attached hydrogens (tertiary/aromatic N) is 4. The Kier molecular flexibility index (Phi) is 21.6. The summed E-state index contributed by atoms with van der Waals surface area (Å²) in [6.45, 7) is 12.0. The number of para-hydroxylation sites is 2. The number of aliphatic hydroxyl groups is 1. The molecule has 22 nitrogen and oxygen atoms in total. The molecule has 0 fully saturated rings. The number of rotatable bonds is 27. The standard InChI is InChI=1S/C68H76N8O14/c1-7-68(85)54-36-57-62-52(38-76(57)65(82)53(54)40-89-66(68)83)50(51-17-11-12-18-55(51)72-62)28-30-74(43(4)5)67(84)90-39-45-20-24-49(25-21-45)71-63(80)44(6)70-64(81)61(42(2)3)73-59(78)41-88-35-34-87-33-32-86-31-29-69-58(77)26-27-60(79)75-37-48-16-9-8-14-46(48)22-23-47-15-10-13-19-56(47)75/h8-21,24-25,36,42-44,61,85H,7,26-35,37-41H2,1-6H3,(H,69,77)(H,70,81)(H,71,80)(H,73,78)/t44-,61-,68-/m0/s1. The summed E-state index contributed by atoms with van der Waals surface area (Å²) in [6.07, 6.45) is -0.0664. The van der Waals surface area contributed by atoms with Gasteiger partial charge in [0.1, 0.15) is 31.9 Å². The fourth-order valence-electron chi connectivity index (χ4n) is 11.0. The first-order chi connectivity index (χ1) is 43.3. The van der Waals surface area contributed by atoms with Crippen LogP contribution in [-0.2, 0) is 90.8 Å². The predicted molar refractivity (Wildman–Crippen MR) is 334 cm³/mol. The van der Waals surface area contributed by atoms with E-state index in [-0.39, 0.29) is 132 Å². The lowest BCUT2D eigenvalue weighted by Gasteiger charge is -2.31. The third kappa shape index (κ3) is 15.4. The maximum Gasteiger partial charge on any atom is 0.410 e. The zero-order valence-electron chi connectivity index (χ0n) is 51.5. The van der Waals surface area contributed by atoms with Crippen LogP contribution in [0.2, 0.25) is 0 Å². The van der Waals surface area contributed by atoms with Gasteiger partial charge in [-0.05, 0) is 98.7 Å². The van der Waals surface area contributed by atoms with Crippen LogP contribution >= 0.6 is 0 Å². The number of hydrogen-bond donors (Lipinski definition) is 5. The fraction of sp³-hybridized carbons (Fsp3) is 0.397. The van der Waals surface area contributed by atoms with Gasteiger partial charge in [-0.1, -0.05) is 93.3 Å². The molecule has 0 aliphatic carbocycles. The van der Waals surface area contributed by atoms with Gasteiger partial charge < -0.3 is 64.4 Å². The zero-order valence-corrected chi connectivity index (χ0v) is 51.5. The van der Waals surface area contributed by atoms with Gasteiger partial charge in [-0.15, -0.1) is 0 Å². The summed E-state index contributed by atoms with van der Waals surface area (Å²) in [5.41, 5.74) is 5.96. The summed E-state index contributed by atoms with van der Waals surface area (Å²) in [4.78, 5) is 114. The van der Waals surface area contributed by atoms with E-state index in [0.717, 1.165) is 33.2 Å². The molecule has 0 saturated carbocycles. The molecular weight excluding hydrogens is 1150 g/mol. The molecule has 3 aliphatic rings. The summed E-state index contributed by atoms with van der Waals surface area (Å²) in [7, 11) is 0. The molecule has 472 valence electrons. The van der Waals surface area contributed by atoms with Gasteiger partial charge in [0.25, 0.3) is 5.56 Å². The highest BCUT2D eigenvalue weighted by atomic mass is 16.6. The number of ether oxygens (including phenoxy) is 5. The summed E-state index contributed by atoms with van der Waals surface area (Å²) in [5.74, 6) is 3.22. The van der Waals surface area contributed by atoms with Crippen LogP contribution in [0.5, 0.6) is 0 Å². The van der Waals surface area contributed by atoms with Crippen molar-refractivity contribution in [3.8, 4) is 23.2 Å². The van der Waals surface area contributed by atoms with Crippen LogP contribution in [0, 0.1) is 17.8 Å². The molecule has 4 aromatic carbocycles. The lowest BCUT2D eigenvalue weighted by Crippen LogP contribution is -2.54. The van der Waals surface area contributed by atoms with Crippen LogP contribution in [0.4, 0.5) is 16.2 Å². The van der Waals surface area contributed by atoms with Gasteiger partial charge in [-0.2, -0.15) is 0 Å². The van der Waals surface area contributed by atoms with Crippen LogP contribution < -0.4 is 31.7 Å². The van der Waals surface area contributed by atoms with Crippen molar-refractivity contribution in [2.75, 3.05) is 62.9 Å². The molecule has 3 atom stereocenters. The number of carbonyl (C=O) groups is 7. The average molecular weight is 1230 g/mol. The second-order valence-electron chi connectivity index (χ2n) is 22.9. The molecule has 5 heterocycles. The average Bonchev–Trinajstić information content (AvgIpc) is 1.47. The highest BCUT2D eigenvalue weighted by Crippen LogP contribution is 2.40. The highest BCUT2D eigenvalue weighted by Gasteiger charge is 2.46. The van der Waals surface area contributed by atoms with E-state index >= 15 is 0 Å². The Morgan fingerprint density at radius 3 is 2.20 bits per heavy atom. The molecule has 0 unspecified atom stereocenters. The Hall–Kier alpha value is -9.27. The van der Waals surface area contributed by atoms with Crippen molar-refractivity contribution in [2.24, 2.45) is 5.92 Å². The van der Waals surface area contributed by atoms with Gasteiger partial charge in [0.2, 0.25) is 29.5 Å². The number of amides is 6. The summed E-state index contributed by atoms with van der Waals surface area (Å²) in [6, 6.07) is 29.0. The van der Waals surface area contributed by atoms with Crippen LogP contribution in [0.15, 0.2) is 108 Å². The van der Waals surface area contributed by atoms with Crippen molar-refractivity contribution in [3.63, 3.8) is 0 Å². The van der Waals surface area contributed by atoms with E-state index in [1.165, 1.54) is 6.92 Å². The third-order valence-electron chi connectivity index (χ3n) is 16.1. The first kappa shape index (κ1) is 65.2. The Labute approximate surface area is 521 Å². The molecule has 22 heteroatoms. The van der Waals surface area contributed by atoms with Gasteiger partial charge in [0.05, 0.1) is 74.3 Å². The van der Waals surface area contributed by atoms with Crippen molar-refractivity contribution < 1.29 is 62.4 Å². The van der Waals surface area contributed by atoms with E-state index in [1.807, 2.05) is 86.6 Å². The van der Waals surface area contributed by atoms with Gasteiger partial charge in [-0.3, -0.25) is 28.8 Å². The van der Waals surface area contributed by atoms with E-state index in [1.54, 1.807) is 65.5 Å². The number of carbonyl (C=O) groups excluding carboxylic acids is 7. The lowest BCUT2D eigenvalue weighted by molar-refractivity contribution is -0.172. The van der Waals surface area contributed by atoms with Crippen LogP contribution in [0.3, 0.4) is 0 Å². The van der Waals surface area contributed by atoms with Crippen molar-refractivity contribution in [2.45, 2.75) is 117 Å². The largest absolute Gasteiger partial charge is 0.458 e. The number of esters is 1. The van der Waals surface area contributed by atoms with E-state index in [0.29, 0.717) is 46.8 Å². The molecule has 0 spiro atoms. The molecule has 3 aliphatic heterocycles. The molecule has 0 radical (unpaired) electrons. The zero-order chi connectivity index (χ0) is 64.1. The SMILES string of the molecule is CC[C@@]1(O)C(=O)OCc2c1cc1n(c2=O)Cc2c-1nc1ccccc1c2CCN(C(=O)OCc1ccc(NC(=O)[C@H](C)NC(=O)[C@@H](NC(=O)COCCOCCOCCNC(=O)CCC(=O)N2Cc3ccccc3C#Cc3ccccc32)C(C)C)cc1)C(C)C. The minimum atomic E-state index is -1.96. The molecule has 0 bridgehead atoms. The van der Waals surface area contributed by atoms with E-state index in [4.69, 9.17) is 28.7 Å². The quantitative estimate of drug-likeness (QED) is 0.0220. The molecule has 6 amide bonds. The number of nitrogens with one attached hydrogen (secondary N) is 4.